The molecule has 2 rings (SSSR count). The molecule has 1 unspecified atom stereocenters. The Balaban J connectivity index is 2.02. The minimum atomic E-state index is -4.10. The van der Waals surface area contributed by atoms with Gasteiger partial charge in [-0.1, -0.05) is 24.3 Å². The van der Waals surface area contributed by atoms with E-state index in [1.54, 1.807) is 42.5 Å². The third-order valence-electron chi connectivity index (χ3n) is 2.15. The topological polar surface area (TPSA) is 55.8 Å². The lowest BCUT2D eigenvalue weighted by Crippen LogP contribution is -1.97. The summed E-state index contributed by atoms with van der Waals surface area (Å²) in [6, 6.07) is 8.42. The third kappa shape index (κ3) is 3.77. The largest absolute Gasteiger partial charge is 0.584 e. The van der Waals surface area contributed by atoms with Crippen molar-refractivity contribution < 1.29 is 18.5 Å². The van der Waals surface area contributed by atoms with Gasteiger partial charge in [-0.15, -0.1) is 0 Å². The molecule has 1 N–H and O–H groups in total. The molecule has 4 nitrogen and oxygen atoms in total. The van der Waals surface area contributed by atoms with Crippen molar-refractivity contribution in [2.45, 2.75) is 12.8 Å². The summed E-state index contributed by atoms with van der Waals surface area (Å²) in [6.45, 7) is 0. The Kier molecular flexibility index (Phi) is 3.67. The second-order valence-electron chi connectivity index (χ2n) is 3.55. The first-order chi connectivity index (χ1) is 8.16. The first-order valence-corrected chi connectivity index (χ1v) is 6.79. The summed E-state index contributed by atoms with van der Waals surface area (Å²) < 4.78 is 21.6. The predicted octanol–water partition coefficient (Wildman–Crippen LogP) is 3.42. The lowest BCUT2D eigenvalue weighted by atomic mass is 10.2. The Hall–Kier alpha value is -1.51. The van der Waals surface area contributed by atoms with E-state index in [0.717, 1.165) is 12.8 Å². The van der Waals surface area contributed by atoms with Gasteiger partial charge in [-0.3, -0.25) is 4.89 Å². The maximum atomic E-state index is 11.7. The Morgan fingerprint density at radius 1 is 1.12 bits per heavy atom. The molecule has 0 amide bonds. The molecule has 0 heterocycles. The van der Waals surface area contributed by atoms with Crippen molar-refractivity contribution in [2.24, 2.45) is 0 Å². The van der Waals surface area contributed by atoms with E-state index in [1.807, 2.05) is 6.08 Å². The van der Waals surface area contributed by atoms with Crippen molar-refractivity contribution in [1.82, 2.24) is 0 Å². The molecule has 0 aliphatic heterocycles. The van der Waals surface area contributed by atoms with Gasteiger partial charge in [-0.2, -0.15) is 0 Å². The van der Waals surface area contributed by atoms with Crippen molar-refractivity contribution >= 4 is 7.82 Å². The van der Waals surface area contributed by atoms with Crippen molar-refractivity contribution in [2.75, 3.05) is 0 Å². The van der Waals surface area contributed by atoms with Crippen LogP contribution in [-0.2, 0) is 9.09 Å². The van der Waals surface area contributed by atoms with Gasteiger partial charge in [0.05, 0.1) is 0 Å². The van der Waals surface area contributed by atoms with Gasteiger partial charge in [0.25, 0.3) is 0 Å². The zero-order valence-electron chi connectivity index (χ0n) is 9.15. The zero-order valence-corrected chi connectivity index (χ0v) is 10.0. The Bertz CT molecular complexity index is 479. The molecular weight excluding hydrogens is 239 g/mol. The van der Waals surface area contributed by atoms with E-state index in [0.29, 0.717) is 11.5 Å². The number of para-hydroxylation sites is 1. The maximum absolute atomic E-state index is 11.7. The summed E-state index contributed by atoms with van der Waals surface area (Å²) in [4.78, 5) is 9.56. The fourth-order valence-corrected chi connectivity index (χ4v) is 2.25. The predicted molar refractivity (Wildman–Crippen MR) is 64.4 cm³/mol. The number of hydrogen-bond acceptors (Lipinski definition) is 3. The molecule has 0 saturated heterocycles. The molecule has 0 radical (unpaired) electrons. The smallest absolute Gasteiger partial charge is 0.396 e. The molecule has 5 heteroatoms. The van der Waals surface area contributed by atoms with E-state index in [1.165, 1.54) is 0 Å². The Labute approximate surface area is 99.8 Å². The molecule has 0 fully saturated rings. The minimum Gasteiger partial charge on any atom is -0.396 e. The first-order valence-electron chi connectivity index (χ1n) is 5.29. The van der Waals surface area contributed by atoms with Gasteiger partial charge in [0.15, 0.2) is 0 Å². The van der Waals surface area contributed by atoms with Crippen LogP contribution in [0.2, 0.25) is 0 Å². The van der Waals surface area contributed by atoms with Crippen molar-refractivity contribution in [3.8, 4) is 5.75 Å². The van der Waals surface area contributed by atoms with Gasteiger partial charge in [0.2, 0.25) is 0 Å². The van der Waals surface area contributed by atoms with Crippen LogP contribution in [0.25, 0.3) is 0 Å². The van der Waals surface area contributed by atoms with Crippen molar-refractivity contribution in [3.63, 3.8) is 0 Å². The number of rotatable bonds is 4. The highest BCUT2D eigenvalue weighted by Gasteiger charge is 2.25. The molecule has 90 valence electrons. The van der Waals surface area contributed by atoms with Crippen molar-refractivity contribution in [3.05, 3.63) is 54.3 Å². The summed E-state index contributed by atoms with van der Waals surface area (Å²) >= 11 is 0. The molecule has 0 bridgehead atoms. The fraction of sp³-hybridized carbons (Fsp3) is 0.167. The summed E-state index contributed by atoms with van der Waals surface area (Å²) in [5.74, 6) is 0.678. The highest BCUT2D eigenvalue weighted by molar-refractivity contribution is 7.48. The van der Waals surface area contributed by atoms with Crippen LogP contribution >= 0.6 is 7.82 Å². The first kappa shape index (κ1) is 12.0. The molecule has 1 aliphatic carbocycles. The SMILES string of the molecule is O=P(O)(OC1=CCCC=C1)Oc1ccccc1. The van der Waals surface area contributed by atoms with Crippen LogP contribution in [0.4, 0.5) is 0 Å². The number of hydrogen-bond donors (Lipinski definition) is 1. The molecular formula is C12H13O4P. The normalized spacial score (nSPS) is 18.1. The average Bonchev–Trinajstić information content (AvgIpc) is 2.30. The Morgan fingerprint density at radius 2 is 1.88 bits per heavy atom. The number of benzene rings is 1. The molecule has 1 aliphatic rings. The van der Waals surface area contributed by atoms with E-state index in [4.69, 9.17) is 9.05 Å². The van der Waals surface area contributed by atoms with Crippen LogP contribution in [0.3, 0.4) is 0 Å². The molecule has 1 atom stereocenters. The number of phosphoric ester groups is 1. The highest BCUT2D eigenvalue weighted by atomic mass is 31.2. The highest BCUT2D eigenvalue weighted by Crippen LogP contribution is 2.46. The van der Waals surface area contributed by atoms with E-state index in [9.17, 15) is 9.46 Å². The van der Waals surface area contributed by atoms with E-state index in [2.05, 4.69) is 0 Å². The Morgan fingerprint density at radius 3 is 2.53 bits per heavy atom. The summed E-state index contributed by atoms with van der Waals surface area (Å²) in [5.41, 5.74) is 0. The van der Waals surface area contributed by atoms with Crippen LogP contribution in [0.5, 0.6) is 5.75 Å². The molecule has 1 aromatic carbocycles. The zero-order chi connectivity index (χ0) is 12.1. The van der Waals surface area contributed by atoms with Crippen LogP contribution in [-0.4, -0.2) is 4.89 Å². The van der Waals surface area contributed by atoms with E-state index < -0.39 is 7.82 Å². The summed E-state index contributed by atoms with van der Waals surface area (Å²) in [7, 11) is -4.10. The minimum absolute atomic E-state index is 0.304. The summed E-state index contributed by atoms with van der Waals surface area (Å²) in [5, 5.41) is 0. The molecule has 0 saturated carbocycles. The van der Waals surface area contributed by atoms with Crippen LogP contribution in [0.1, 0.15) is 12.8 Å². The molecule has 1 aromatic rings. The monoisotopic (exact) mass is 252 g/mol. The molecule has 0 spiro atoms. The van der Waals surface area contributed by atoms with Gasteiger partial charge in [0, 0.05) is 0 Å². The lowest BCUT2D eigenvalue weighted by Gasteiger charge is -2.15. The van der Waals surface area contributed by atoms with Crippen LogP contribution in [0, 0.1) is 0 Å². The van der Waals surface area contributed by atoms with Gasteiger partial charge in [-0.25, -0.2) is 4.57 Å². The quantitative estimate of drug-likeness (QED) is 0.834. The van der Waals surface area contributed by atoms with E-state index in [-0.39, 0.29) is 0 Å². The van der Waals surface area contributed by atoms with Crippen LogP contribution < -0.4 is 4.52 Å². The fourth-order valence-electron chi connectivity index (χ4n) is 1.42. The van der Waals surface area contributed by atoms with Gasteiger partial charge in [0.1, 0.15) is 11.5 Å². The van der Waals surface area contributed by atoms with Gasteiger partial charge in [-0.05, 0) is 37.1 Å². The van der Waals surface area contributed by atoms with Gasteiger partial charge >= 0.3 is 7.82 Å². The van der Waals surface area contributed by atoms with Crippen molar-refractivity contribution in [1.29, 1.82) is 0 Å². The standard InChI is InChI=1S/C12H13O4P/c13-17(14,15-11-7-3-1-4-8-11)16-12-9-5-2-6-10-12/h1,3-5,7-10H,2,6H2,(H,13,14). The lowest BCUT2D eigenvalue weighted by molar-refractivity contribution is 0.254. The summed E-state index contributed by atoms with van der Waals surface area (Å²) in [6.07, 6.45) is 7.04. The number of phosphoric acid groups is 1. The molecule has 0 aromatic heterocycles. The second-order valence-corrected chi connectivity index (χ2v) is 4.85. The maximum Gasteiger partial charge on any atom is 0.584 e. The van der Waals surface area contributed by atoms with Gasteiger partial charge < -0.3 is 9.05 Å². The van der Waals surface area contributed by atoms with E-state index >= 15 is 0 Å². The number of allylic oxidation sites excluding steroid dienone is 3. The average molecular weight is 252 g/mol. The second kappa shape index (κ2) is 5.21. The molecule has 17 heavy (non-hydrogen) atoms. The van der Waals surface area contributed by atoms with Crippen LogP contribution in [0.15, 0.2) is 54.3 Å². The third-order valence-corrected chi connectivity index (χ3v) is 3.03.